The van der Waals surface area contributed by atoms with E-state index < -0.39 is 0 Å². The Hall–Kier alpha value is -1.93. The van der Waals surface area contributed by atoms with E-state index in [2.05, 4.69) is 49.4 Å². The van der Waals surface area contributed by atoms with Crippen LogP contribution < -0.4 is 4.18 Å². The normalized spacial score (nSPS) is 10.6. The Morgan fingerprint density at radius 2 is 1.53 bits per heavy atom. The van der Waals surface area contributed by atoms with Gasteiger partial charge in [0.15, 0.2) is 0 Å². The van der Waals surface area contributed by atoms with Crippen LogP contribution in [-0.4, -0.2) is 0 Å². The molecule has 0 saturated carbocycles. The maximum Gasteiger partial charge on any atom is 0.145 e. The molecule has 0 bridgehead atoms. The zero-order valence-corrected chi connectivity index (χ0v) is 11.5. The fourth-order valence-electron chi connectivity index (χ4n) is 1.96. The first-order valence-corrected chi connectivity index (χ1v) is 6.96. The molecule has 19 heavy (non-hydrogen) atoms. The summed E-state index contributed by atoms with van der Waals surface area (Å²) in [6.07, 6.45) is 0. The van der Waals surface area contributed by atoms with Gasteiger partial charge >= 0.3 is 0 Å². The third kappa shape index (κ3) is 2.74. The van der Waals surface area contributed by atoms with E-state index in [1.54, 1.807) is 0 Å². The predicted molar refractivity (Wildman–Crippen MR) is 81.6 cm³/mol. The van der Waals surface area contributed by atoms with Gasteiger partial charge in [-0.15, -0.1) is 0 Å². The van der Waals surface area contributed by atoms with Gasteiger partial charge < -0.3 is 4.18 Å². The van der Waals surface area contributed by atoms with Crippen molar-refractivity contribution in [2.24, 2.45) is 0 Å². The third-order valence-corrected chi connectivity index (χ3v) is 3.73. The molecule has 0 fully saturated rings. The molecule has 3 aromatic rings. The van der Waals surface area contributed by atoms with E-state index in [4.69, 9.17) is 4.18 Å². The van der Waals surface area contributed by atoms with Gasteiger partial charge in [-0.3, -0.25) is 0 Å². The molecule has 0 saturated heterocycles. The van der Waals surface area contributed by atoms with Crippen LogP contribution in [0.1, 0.15) is 5.56 Å². The maximum atomic E-state index is 5.86. The summed E-state index contributed by atoms with van der Waals surface area (Å²) in [5, 5.41) is 2.34. The molecule has 3 rings (SSSR count). The van der Waals surface area contributed by atoms with Crippen LogP contribution in [0.25, 0.3) is 10.8 Å². The van der Waals surface area contributed by atoms with E-state index in [0.29, 0.717) is 0 Å². The first-order chi connectivity index (χ1) is 9.33. The highest BCUT2D eigenvalue weighted by Crippen LogP contribution is 2.30. The Bertz CT molecular complexity index is 684. The zero-order valence-electron chi connectivity index (χ0n) is 10.7. The van der Waals surface area contributed by atoms with Gasteiger partial charge in [0, 0.05) is 10.3 Å². The SMILES string of the molecule is Cc1ccc(SOc2cccc3ccccc23)cc1. The highest BCUT2D eigenvalue weighted by molar-refractivity contribution is 7.95. The summed E-state index contributed by atoms with van der Waals surface area (Å²) in [7, 11) is 0. The molecule has 0 unspecified atom stereocenters. The largest absolute Gasteiger partial charge is 0.420 e. The average Bonchev–Trinajstić information content (AvgIpc) is 2.47. The van der Waals surface area contributed by atoms with Gasteiger partial charge in [-0.05, 0) is 30.5 Å². The van der Waals surface area contributed by atoms with Gasteiger partial charge in [0.25, 0.3) is 0 Å². The van der Waals surface area contributed by atoms with Crippen LogP contribution in [0, 0.1) is 6.92 Å². The Labute approximate surface area is 117 Å². The second-order valence-corrected chi connectivity index (χ2v) is 5.26. The fraction of sp³-hybridized carbons (Fsp3) is 0.0588. The topological polar surface area (TPSA) is 9.23 Å². The second kappa shape index (κ2) is 5.37. The van der Waals surface area contributed by atoms with Gasteiger partial charge in [-0.1, -0.05) is 54.1 Å². The monoisotopic (exact) mass is 266 g/mol. The molecule has 0 aliphatic carbocycles. The standard InChI is InChI=1S/C17H14OS/c1-13-9-11-15(12-10-13)19-18-17-8-4-6-14-5-2-3-7-16(14)17/h2-12H,1H3. The number of hydrogen-bond acceptors (Lipinski definition) is 2. The van der Waals surface area contributed by atoms with Crippen molar-refractivity contribution in [2.45, 2.75) is 11.8 Å². The van der Waals surface area contributed by atoms with Crippen molar-refractivity contribution < 1.29 is 4.18 Å². The first kappa shape index (κ1) is 12.1. The van der Waals surface area contributed by atoms with E-state index in [9.17, 15) is 0 Å². The molecule has 0 aromatic heterocycles. The summed E-state index contributed by atoms with van der Waals surface area (Å²) in [5.74, 6) is 0.906. The van der Waals surface area contributed by atoms with E-state index in [1.807, 2.05) is 24.3 Å². The highest BCUT2D eigenvalue weighted by atomic mass is 32.2. The molecule has 0 aliphatic rings. The molecule has 0 spiro atoms. The van der Waals surface area contributed by atoms with Gasteiger partial charge in [0.1, 0.15) is 5.75 Å². The van der Waals surface area contributed by atoms with Gasteiger partial charge in [0.2, 0.25) is 0 Å². The maximum absolute atomic E-state index is 5.86. The lowest BCUT2D eigenvalue weighted by Gasteiger charge is -2.07. The minimum absolute atomic E-state index is 0.906. The molecule has 0 aliphatic heterocycles. The van der Waals surface area contributed by atoms with Crippen LogP contribution in [0.5, 0.6) is 5.75 Å². The lowest BCUT2D eigenvalue weighted by Crippen LogP contribution is -1.84. The van der Waals surface area contributed by atoms with E-state index in [0.717, 1.165) is 16.0 Å². The molecule has 2 heteroatoms. The van der Waals surface area contributed by atoms with Crippen molar-refractivity contribution in [1.82, 2.24) is 0 Å². The molecular weight excluding hydrogens is 252 g/mol. The molecule has 0 radical (unpaired) electrons. The summed E-state index contributed by atoms with van der Waals surface area (Å²) in [4.78, 5) is 1.11. The predicted octanol–water partition coefficient (Wildman–Crippen LogP) is 5.23. The minimum Gasteiger partial charge on any atom is -0.420 e. The minimum atomic E-state index is 0.906. The Balaban J connectivity index is 1.84. The van der Waals surface area contributed by atoms with Crippen molar-refractivity contribution >= 4 is 22.8 Å². The Morgan fingerprint density at radius 3 is 2.37 bits per heavy atom. The van der Waals surface area contributed by atoms with Crippen LogP contribution in [0.3, 0.4) is 0 Å². The number of aryl methyl sites for hydroxylation is 1. The van der Waals surface area contributed by atoms with Crippen LogP contribution in [0.4, 0.5) is 0 Å². The summed E-state index contributed by atoms with van der Waals surface area (Å²) < 4.78 is 5.86. The van der Waals surface area contributed by atoms with Crippen LogP contribution >= 0.6 is 12.0 Å². The molecular formula is C17H14OS. The Morgan fingerprint density at radius 1 is 0.789 bits per heavy atom. The summed E-state index contributed by atoms with van der Waals surface area (Å²) in [6, 6.07) is 22.7. The van der Waals surface area contributed by atoms with Crippen LogP contribution in [-0.2, 0) is 0 Å². The van der Waals surface area contributed by atoms with Gasteiger partial charge in [0.05, 0.1) is 12.0 Å². The van der Waals surface area contributed by atoms with Crippen molar-refractivity contribution in [3.63, 3.8) is 0 Å². The fourth-order valence-corrected chi connectivity index (χ4v) is 2.53. The van der Waals surface area contributed by atoms with Crippen LogP contribution in [0.15, 0.2) is 71.6 Å². The second-order valence-electron chi connectivity index (χ2n) is 4.46. The molecule has 0 heterocycles. The van der Waals surface area contributed by atoms with Crippen molar-refractivity contribution in [3.8, 4) is 5.75 Å². The first-order valence-electron chi connectivity index (χ1n) is 6.22. The Kier molecular flexibility index (Phi) is 3.43. The number of hydrogen-bond donors (Lipinski definition) is 0. The molecule has 0 atom stereocenters. The van der Waals surface area contributed by atoms with E-state index in [1.165, 1.54) is 23.0 Å². The number of benzene rings is 3. The summed E-state index contributed by atoms with van der Waals surface area (Å²) in [6.45, 7) is 2.08. The van der Waals surface area contributed by atoms with Crippen molar-refractivity contribution in [3.05, 3.63) is 72.3 Å². The van der Waals surface area contributed by atoms with E-state index >= 15 is 0 Å². The highest BCUT2D eigenvalue weighted by Gasteiger charge is 2.02. The van der Waals surface area contributed by atoms with Gasteiger partial charge in [-0.25, -0.2) is 0 Å². The summed E-state index contributed by atoms with van der Waals surface area (Å²) >= 11 is 1.40. The number of rotatable bonds is 3. The average molecular weight is 266 g/mol. The molecule has 0 N–H and O–H groups in total. The lowest BCUT2D eigenvalue weighted by atomic mass is 10.1. The molecule has 94 valence electrons. The zero-order chi connectivity index (χ0) is 13.1. The molecule has 0 amide bonds. The van der Waals surface area contributed by atoms with E-state index in [-0.39, 0.29) is 0 Å². The summed E-state index contributed by atoms with van der Waals surface area (Å²) in [5.41, 5.74) is 1.26. The van der Waals surface area contributed by atoms with Crippen molar-refractivity contribution in [1.29, 1.82) is 0 Å². The van der Waals surface area contributed by atoms with Gasteiger partial charge in [-0.2, -0.15) is 0 Å². The molecule has 1 nitrogen and oxygen atoms in total. The quantitative estimate of drug-likeness (QED) is 0.600. The number of fused-ring (bicyclic) bond motifs is 1. The molecule has 3 aromatic carbocycles. The lowest BCUT2D eigenvalue weighted by molar-refractivity contribution is 0.654. The smallest absolute Gasteiger partial charge is 0.145 e. The van der Waals surface area contributed by atoms with Crippen molar-refractivity contribution in [2.75, 3.05) is 0 Å². The van der Waals surface area contributed by atoms with Crippen LogP contribution in [0.2, 0.25) is 0 Å². The third-order valence-electron chi connectivity index (χ3n) is 3.00.